The Morgan fingerprint density at radius 3 is 2.65 bits per heavy atom. The van der Waals surface area contributed by atoms with Crippen LogP contribution in [-0.4, -0.2) is 40.4 Å². The number of thioether (sulfide) groups is 1. The zero-order valence-electron chi connectivity index (χ0n) is 13.1. The zero-order chi connectivity index (χ0) is 16.1. The van der Waals surface area contributed by atoms with Gasteiger partial charge in [-0.3, -0.25) is 4.90 Å². The van der Waals surface area contributed by atoms with Crippen LogP contribution in [0.3, 0.4) is 0 Å². The first kappa shape index (κ1) is 16.5. The molecular weight excluding hydrogens is 324 g/mol. The van der Waals surface area contributed by atoms with Gasteiger partial charge in [0.1, 0.15) is 0 Å². The lowest BCUT2D eigenvalue weighted by Crippen LogP contribution is -2.30. The van der Waals surface area contributed by atoms with Crippen molar-refractivity contribution in [1.29, 1.82) is 0 Å². The Hall–Kier alpha value is -1.40. The molecule has 1 aromatic heterocycles. The normalized spacial score (nSPS) is 12.8. The van der Waals surface area contributed by atoms with Gasteiger partial charge in [-0.2, -0.15) is 0 Å². The molecule has 5 heteroatoms. The van der Waals surface area contributed by atoms with Crippen molar-refractivity contribution in [3.8, 4) is 0 Å². The third-order valence-corrected chi connectivity index (χ3v) is 5.82. The van der Waals surface area contributed by atoms with Crippen molar-refractivity contribution in [2.75, 3.05) is 19.3 Å². The van der Waals surface area contributed by atoms with Gasteiger partial charge in [0.15, 0.2) is 4.34 Å². The summed E-state index contributed by atoms with van der Waals surface area (Å²) >= 11 is 3.32. The van der Waals surface area contributed by atoms with E-state index in [0.29, 0.717) is 12.3 Å². The van der Waals surface area contributed by atoms with E-state index >= 15 is 0 Å². The van der Waals surface area contributed by atoms with Crippen LogP contribution in [0.5, 0.6) is 0 Å². The van der Waals surface area contributed by atoms with Crippen LogP contribution in [0.1, 0.15) is 5.56 Å². The summed E-state index contributed by atoms with van der Waals surface area (Å²) in [6.07, 6.45) is -0.360. The third-order valence-electron chi connectivity index (χ3n) is 3.49. The highest BCUT2D eigenvalue weighted by molar-refractivity contribution is 8.01. The molecule has 3 aromatic rings. The summed E-state index contributed by atoms with van der Waals surface area (Å²) in [6.45, 7) is 1.51. The molecule has 120 valence electrons. The summed E-state index contributed by atoms with van der Waals surface area (Å²) in [4.78, 5) is 6.74. The Kier molecular flexibility index (Phi) is 5.67. The van der Waals surface area contributed by atoms with Crippen LogP contribution >= 0.6 is 23.1 Å². The fourth-order valence-electron chi connectivity index (χ4n) is 2.45. The van der Waals surface area contributed by atoms with Gasteiger partial charge in [-0.1, -0.05) is 54.2 Å². The fraction of sp³-hybridized carbons (Fsp3) is 0.278. The number of aliphatic hydroxyl groups excluding tert-OH is 1. The van der Waals surface area contributed by atoms with Gasteiger partial charge < -0.3 is 5.11 Å². The summed E-state index contributed by atoms with van der Waals surface area (Å²) in [6, 6.07) is 18.5. The molecule has 0 radical (unpaired) electrons. The predicted molar refractivity (Wildman–Crippen MR) is 99.1 cm³/mol. The van der Waals surface area contributed by atoms with Gasteiger partial charge in [-0.25, -0.2) is 4.98 Å². The van der Waals surface area contributed by atoms with Crippen molar-refractivity contribution < 1.29 is 5.11 Å². The zero-order valence-corrected chi connectivity index (χ0v) is 14.7. The van der Waals surface area contributed by atoms with Gasteiger partial charge in [0.05, 0.1) is 16.3 Å². The van der Waals surface area contributed by atoms with E-state index in [1.165, 1.54) is 10.3 Å². The number of fused-ring (bicyclic) bond motifs is 1. The average Bonchev–Trinajstić information content (AvgIpc) is 2.96. The summed E-state index contributed by atoms with van der Waals surface area (Å²) in [5.41, 5.74) is 2.30. The number of rotatable bonds is 7. The molecule has 0 amide bonds. The fourth-order valence-corrected chi connectivity index (χ4v) is 4.46. The molecule has 1 atom stereocenters. The molecule has 0 aliphatic heterocycles. The third kappa shape index (κ3) is 4.78. The van der Waals surface area contributed by atoms with Gasteiger partial charge in [0.25, 0.3) is 0 Å². The summed E-state index contributed by atoms with van der Waals surface area (Å²) in [7, 11) is 2.04. The molecule has 0 bridgehead atoms. The monoisotopic (exact) mass is 344 g/mol. The molecular formula is C18H20N2OS2. The van der Waals surface area contributed by atoms with Crippen LogP contribution in [0.15, 0.2) is 58.9 Å². The summed E-state index contributed by atoms with van der Waals surface area (Å²) < 4.78 is 2.22. The average molecular weight is 345 g/mol. The van der Waals surface area contributed by atoms with Gasteiger partial charge in [-0.05, 0) is 24.7 Å². The molecule has 1 heterocycles. The molecule has 0 spiro atoms. The van der Waals surface area contributed by atoms with Crippen LogP contribution < -0.4 is 0 Å². The number of hydrogen-bond donors (Lipinski definition) is 1. The smallest absolute Gasteiger partial charge is 0.151 e. The van der Waals surface area contributed by atoms with E-state index in [0.717, 1.165) is 16.4 Å². The second kappa shape index (κ2) is 7.93. The summed E-state index contributed by atoms with van der Waals surface area (Å²) in [5, 5.41) is 10.2. The number of nitrogens with zero attached hydrogens (tertiary/aromatic N) is 2. The van der Waals surface area contributed by atoms with Crippen LogP contribution in [0, 0.1) is 0 Å². The minimum atomic E-state index is -0.360. The molecule has 23 heavy (non-hydrogen) atoms. The molecule has 3 rings (SSSR count). The van der Waals surface area contributed by atoms with E-state index in [4.69, 9.17) is 0 Å². The SMILES string of the molecule is CN(Cc1ccccc1)CC(O)CSc1nc2ccccc2s1. The number of aliphatic hydroxyl groups is 1. The van der Waals surface area contributed by atoms with Crippen molar-refractivity contribution >= 4 is 33.3 Å². The Morgan fingerprint density at radius 2 is 1.87 bits per heavy atom. The van der Waals surface area contributed by atoms with Gasteiger partial charge >= 0.3 is 0 Å². The van der Waals surface area contributed by atoms with E-state index in [9.17, 15) is 5.11 Å². The maximum absolute atomic E-state index is 10.2. The van der Waals surface area contributed by atoms with Crippen LogP contribution in [-0.2, 0) is 6.54 Å². The number of thiazole rings is 1. The van der Waals surface area contributed by atoms with Gasteiger partial charge in [0, 0.05) is 18.8 Å². The minimum absolute atomic E-state index is 0.360. The van der Waals surface area contributed by atoms with E-state index in [1.807, 2.05) is 43.4 Å². The lowest BCUT2D eigenvalue weighted by molar-refractivity contribution is 0.142. The first-order valence-corrected chi connectivity index (χ1v) is 9.40. The maximum atomic E-state index is 10.2. The standard InChI is InChI=1S/C18H20N2OS2/c1-20(11-14-7-3-2-4-8-14)12-15(21)13-22-18-19-16-9-5-6-10-17(16)23-18/h2-10,15,21H,11-13H2,1H3. The number of benzene rings is 2. The Bertz CT molecular complexity index is 712. The molecule has 0 aliphatic carbocycles. The highest BCUT2D eigenvalue weighted by Gasteiger charge is 2.11. The lowest BCUT2D eigenvalue weighted by atomic mass is 10.2. The molecule has 0 aliphatic rings. The molecule has 0 fully saturated rings. The van der Waals surface area contributed by atoms with Crippen LogP contribution in [0.4, 0.5) is 0 Å². The number of likely N-dealkylation sites (N-methyl/N-ethyl adjacent to an activating group) is 1. The molecule has 1 N–H and O–H groups in total. The van der Waals surface area contributed by atoms with Crippen molar-refractivity contribution in [3.63, 3.8) is 0 Å². The molecule has 0 saturated carbocycles. The van der Waals surface area contributed by atoms with Gasteiger partial charge in [0.2, 0.25) is 0 Å². The van der Waals surface area contributed by atoms with E-state index < -0.39 is 0 Å². The highest BCUT2D eigenvalue weighted by atomic mass is 32.2. The van der Waals surface area contributed by atoms with Gasteiger partial charge in [-0.15, -0.1) is 11.3 Å². The van der Waals surface area contributed by atoms with E-state index in [2.05, 4.69) is 28.1 Å². The Morgan fingerprint density at radius 1 is 1.13 bits per heavy atom. The first-order valence-electron chi connectivity index (χ1n) is 7.59. The lowest BCUT2D eigenvalue weighted by Gasteiger charge is -2.20. The largest absolute Gasteiger partial charge is 0.391 e. The van der Waals surface area contributed by atoms with Crippen molar-refractivity contribution in [2.24, 2.45) is 0 Å². The van der Waals surface area contributed by atoms with E-state index in [1.54, 1.807) is 23.1 Å². The van der Waals surface area contributed by atoms with Crippen LogP contribution in [0.2, 0.25) is 0 Å². The minimum Gasteiger partial charge on any atom is -0.391 e. The first-order chi connectivity index (χ1) is 11.2. The topological polar surface area (TPSA) is 36.4 Å². The Balaban J connectivity index is 1.48. The number of aromatic nitrogens is 1. The second-order valence-electron chi connectivity index (χ2n) is 5.59. The predicted octanol–water partition coefficient (Wildman–Crippen LogP) is 3.88. The second-order valence-corrected chi connectivity index (χ2v) is 7.89. The highest BCUT2D eigenvalue weighted by Crippen LogP contribution is 2.29. The van der Waals surface area contributed by atoms with Crippen molar-refractivity contribution in [1.82, 2.24) is 9.88 Å². The Labute approximate surface area is 145 Å². The summed E-state index contributed by atoms with van der Waals surface area (Å²) in [5.74, 6) is 0.666. The number of hydrogen-bond acceptors (Lipinski definition) is 5. The van der Waals surface area contributed by atoms with E-state index in [-0.39, 0.29) is 6.10 Å². The van der Waals surface area contributed by atoms with Crippen LogP contribution in [0.25, 0.3) is 10.2 Å². The quantitative estimate of drug-likeness (QED) is 0.660. The number of para-hydroxylation sites is 1. The van der Waals surface area contributed by atoms with Crippen molar-refractivity contribution in [2.45, 2.75) is 17.0 Å². The molecule has 2 aromatic carbocycles. The molecule has 3 nitrogen and oxygen atoms in total. The molecule has 1 unspecified atom stereocenters. The maximum Gasteiger partial charge on any atom is 0.151 e. The van der Waals surface area contributed by atoms with Crippen molar-refractivity contribution in [3.05, 3.63) is 60.2 Å². The molecule has 0 saturated heterocycles.